The third-order valence-electron chi connectivity index (χ3n) is 6.97. The number of carboxylic acid groups (broad SMARTS) is 1. The minimum atomic E-state index is -1.32. The summed E-state index contributed by atoms with van der Waals surface area (Å²) in [6, 6.07) is 3.18. The van der Waals surface area contributed by atoms with E-state index in [2.05, 4.69) is 21.3 Å². The van der Waals surface area contributed by atoms with E-state index in [1.54, 1.807) is 71.9 Å². The average Bonchev–Trinajstić information content (AvgIpc) is 2.92. The van der Waals surface area contributed by atoms with E-state index in [1.165, 1.54) is 0 Å². The van der Waals surface area contributed by atoms with Crippen molar-refractivity contribution >= 4 is 35.4 Å². The van der Waals surface area contributed by atoms with Crippen LogP contribution in [0.1, 0.15) is 67.4 Å². The Labute approximate surface area is 254 Å². The number of nitrogens with two attached hydrogens (primary N) is 1. The van der Waals surface area contributed by atoms with Crippen LogP contribution in [-0.4, -0.2) is 70.7 Å². The van der Waals surface area contributed by atoms with Crippen molar-refractivity contribution in [3.8, 4) is 0 Å². The third-order valence-corrected chi connectivity index (χ3v) is 6.97. The van der Waals surface area contributed by atoms with Crippen molar-refractivity contribution in [3.63, 3.8) is 0 Å². The van der Waals surface area contributed by atoms with Crippen molar-refractivity contribution in [3.05, 3.63) is 35.9 Å². The largest absolute Gasteiger partial charge is 0.480 e. The standard InChI is InChI=1S/C31H49N5O7/c1-16(2)14-22(27(38)36-25(19(7)8)31(42)43)34-30(41)26(37)21(15-20-12-10-9-11-13-20)33-29(40)24(18(5)6)35-28(39)23(32)17(3)4/h9-13,16-19,21-25H,14-15,32H2,1-8H3,(H,33,40)(H,34,41)(H,35,39)(H,36,38)(H,42,43)/t21-,22+,23-,24-,25-/m0/s1. The van der Waals surface area contributed by atoms with Gasteiger partial charge >= 0.3 is 5.97 Å². The first-order valence-electron chi connectivity index (χ1n) is 14.7. The third kappa shape index (κ3) is 12.1. The molecule has 5 atom stereocenters. The molecule has 0 heterocycles. The predicted molar refractivity (Wildman–Crippen MR) is 162 cm³/mol. The first kappa shape index (κ1) is 37.2. The lowest BCUT2D eigenvalue weighted by Crippen LogP contribution is -2.59. The van der Waals surface area contributed by atoms with E-state index in [9.17, 15) is 33.9 Å². The van der Waals surface area contributed by atoms with Crippen LogP contribution in [0, 0.1) is 23.7 Å². The maximum atomic E-state index is 13.5. The van der Waals surface area contributed by atoms with E-state index >= 15 is 0 Å². The van der Waals surface area contributed by atoms with Crippen molar-refractivity contribution in [2.75, 3.05) is 0 Å². The van der Waals surface area contributed by atoms with E-state index in [4.69, 9.17) is 5.73 Å². The van der Waals surface area contributed by atoms with Crippen LogP contribution in [0.2, 0.25) is 0 Å². The van der Waals surface area contributed by atoms with Crippen molar-refractivity contribution in [2.24, 2.45) is 29.4 Å². The van der Waals surface area contributed by atoms with Crippen molar-refractivity contribution in [2.45, 2.75) is 98.4 Å². The van der Waals surface area contributed by atoms with Crippen LogP contribution in [0.15, 0.2) is 30.3 Å². The molecule has 0 aliphatic heterocycles. The fraction of sp³-hybridized carbons (Fsp3) is 0.613. The minimum absolute atomic E-state index is 0.0292. The second-order valence-electron chi connectivity index (χ2n) is 12.3. The lowest BCUT2D eigenvalue weighted by Gasteiger charge is -2.27. The van der Waals surface area contributed by atoms with E-state index in [0.717, 1.165) is 0 Å². The molecule has 0 aromatic heterocycles. The molecule has 0 unspecified atom stereocenters. The van der Waals surface area contributed by atoms with Gasteiger partial charge in [-0.1, -0.05) is 85.7 Å². The molecule has 12 nitrogen and oxygen atoms in total. The van der Waals surface area contributed by atoms with E-state index < -0.39 is 71.5 Å². The number of hydrogen-bond acceptors (Lipinski definition) is 7. The van der Waals surface area contributed by atoms with Gasteiger partial charge in [0, 0.05) is 6.42 Å². The summed E-state index contributed by atoms with van der Waals surface area (Å²) in [4.78, 5) is 77.5. The van der Waals surface area contributed by atoms with E-state index in [0.29, 0.717) is 5.56 Å². The van der Waals surface area contributed by atoms with Gasteiger partial charge in [-0.05, 0) is 35.7 Å². The van der Waals surface area contributed by atoms with Crippen LogP contribution < -0.4 is 27.0 Å². The van der Waals surface area contributed by atoms with Gasteiger partial charge < -0.3 is 32.1 Å². The van der Waals surface area contributed by atoms with Gasteiger partial charge in [-0.15, -0.1) is 0 Å². The molecule has 0 saturated heterocycles. The first-order valence-corrected chi connectivity index (χ1v) is 14.7. The fourth-order valence-electron chi connectivity index (χ4n) is 4.27. The van der Waals surface area contributed by atoms with Gasteiger partial charge in [0.1, 0.15) is 24.2 Å². The van der Waals surface area contributed by atoms with Crippen LogP contribution in [-0.2, 0) is 35.2 Å². The van der Waals surface area contributed by atoms with Crippen molar-refractivity contribution < 1.29 is 33.9 Å². The Morgan fingerprint density at radius 1 is 0.674 bits per heavy atom. The quantitative estimate of drug-likeness (QED) is 0.143. The van der Waals surface area contributed by atoms with Gasteiger partial charge in [0.05, 0.1) is 6.04 Å². The van der Waals surface area contributed by atoms with Gasteiger partial charge in [-0.2, -0.15) is 0 Å². The number of Topliss-reactive ketones (excluding diaryl/α,β-unsaturated/α-hetero) is 1. The number of benzene rings is 1. The van der Waals surface area contributed by atoms with Gasteiger partial charge in [-0.25, -0.2) is 4.79 Å². The summed E-state index contributed by atoms with van der Waals surface area (Å²) in [6.07, 6.45) is 0.112. The van der Waals surface area contributed by atoms with Crippen LogP contribution in [0.25, 0.3) is 0 Å². The number of carboxylic acids is 1. The van der Waals surface area contributed by atoms with E-state index in [-0.39, 0.29) is 30.6 Å². The highest BCUT2D eigenvalue weighted by Gasteiger charge is 2.35. The normalized spacial score (nSPS) is 14.9. The van der Waals surface area contributed by atoms with Gasteiger partial charge in [0.2, 0.25) is 23.5 Å². The first-order chi connectivity index (χ1) is 20.0. The van der Waals surface area contributed by atoms with Crippen LogP contribution in [0.5, 0.6) is 0 Å². The molecular formula is C31H49N5O7. The van der Waals surface area contributed by atoms with E-state index in [1.807, 2.05) is 13.8 Å². The molecule has 7 N–H and O–H groups in total. The zero-order valence-electron chi connectivity index (χ0n) is 26.5. The van der Waals surface area contributed by atoms with Crippen molar-refractivity contribution in [1.29, 1.82) is 0 Å². The Morgan fingerprint density at radius 3 is 1.67 bits per heavy atom. The maximum Gasteiger partial charge on any atom is 0.326 e. The number of hydrogen-bond donors (Lipinski definition) is 6. The molecule has 1 rings (SSSR count). The zero-order chi connectivity index (χ0) is 33.0. The molecule has 1 aromatic rings. The van der Waals surface area contributed by atoms with Gasteiger partial charge in [0.15, 0.2) is 0 Å². The molecule has 0 radical (unpaired) electrons. The number of carbonyl (C=O) groups excluding carboxylic acids is 5. The Morgan fingerprint density at radius 2 is 1.21 bits per heavy atom. The number of amides is 4. The molecule has 12 heteroatoms. The lowest BCUT2D eigenvalue weighted by molar-refractivity contribution is -0.144. The number of rotatable bonds is 17. The second-order valence-corrected chi connectivity index (χ2v) is 12.3. The highest BCUT2D eigenvalue weighted by Crippen LogP contribution is 2.11. The molecule has 43 heavy (non-hydrogen) atoms. The highest BCUT2D eigenvalue weighted by atomic mass is 16.4. The van der Waals surface area contributed by atoms with Gasteiger partial charge in [-0.3, -0.25) is 24.0 Å². The summed E-state index contributed by atoms with van der Waals surface area (Å²) in [6.45, 7) is 13.9. The molecule has 0 aliphatic rings. The van der Waals surface area contributed by atoms with Gasteiger partial charge in [0.25, 0.3) is 5.91 Å². The van der Waals surface area contributed by atoms with Crippen LogP contribution in [0.4, 0.5) is 0 Å². The molecular weight excluding hydrogens is 554 g/mol. The molecule has 0 aliphatic carbocycles. The van der Waals surface area contributed by atoms with Crippen molar-refractivity contribution in [1.82, 2.24) is 21.3 Å². The minimum Gasteiger partial charge on any atom is -0.480 e. The summed E-state index contributed by atoms with van der Waals surface area (Å²) in [7, 11) is 0. The summed E-state index contributed by atoms with van der Waals surface area (Å²) >= 11 is 0. The molecule has 240 valence electrons. The molecule has 0 bridgehead atoms. The average molecular weight is 604 g/mol. The summed E-state index contributed by atoms with van der Waals surface area (Å²) in [5.41, 5.74) is 6.62. The lowest BCUT2D eigenvalue weighted by atomic mass is 9.97. The number of ketones is 1. The molecule has 4 amide bonds. The highest BCUT2D eigenvalue weighted by molar-refractivity contribution is 6.38. The fourth-order valence-corrected chi connectivity index (χ4v) is 4.27. The molecule has 1 aromatic carbocycles. The number of carbonyl (C=O) groups is 6. The maximum absolute atomic E-state index is 13.5. The predicted octanol–water partition coefficient (Wildman–Crippen LogP) is 1.16. The summed E-state index contributed by atoms with van der Waals surface area (Å²) in [5, 5.41) is 19.7. The summed E-state index contributed by atoms with van der Waals surface area (Å²) < 4.78 is 0. The Kier molecular flexibility index (Phi) is 15.0. The van der Waals surface area contributed by atoms with Crippen LogP contribution in [0.3, 0.4) is 0 Å². The monoisotopic (exact) mass is 603 g/mol. The number of nitrogens with one attached hydrogen (secondary N) is 4. The Bertz CT molecular complexity index is 1120. The van der Waals surface area contributed by atoms with Crippen LogP contribution >= 0.6 is 0 Å². The molecule has 0 fully saturated rings. The second kappa shape index (κ2) is 17.3. The Hall–Kier alpha value is -3.80. The topological polar surface area (TPSA) is 197 Å². The number of aliphatic carboxylic acids is 1. The zero-order valence-corrected chi connectivity index (χ0v) is 26.5. The molecule has 0 spiro atoms. The smallest absolute Gasteiger partial charge is 0.326 e. The Balaban J connectivity index is 3.26. The SMILES string of the molecule is CC(C)C[C@@H](NC(=O)C(=O)[C@H](Cc1ccccc1)NC(=O)[C@@H](NC(=O)[C@@H](N)C(C)C)C(C)C)C(=O)N[C@H](C(=O)O)C(C)C. The molecule has 0 saturated carbocycles. The summed E-state index contributed by atoms with van der Waals surface area (Å²) in [5.74, 6) is -6.29.